The van der Waals surface area contributed by atoms with Crippen LogP contribution >= 0.6 is 12.4 Å². The number of nitrogens with one attached hydrogen (secondary N) is 3. The molecular weight excluding hydrogens is 354 g/mol. The third kappa shape index (κ3) is 7.04. The van der Waals surface area contributed by atoms with Gasteiger partial charge in [-0.25, -0.2) is 8.42 Å². The van der Waals surface area contributed by atoms with Crippen LogP contribution in [0.3, 0.4) is 0 Å². The van der Waals surface area contributed by atoms with Gasteiger partial charge in [-0.3, -0.25) is 9.52 Å². The number of halogens is 1. The molecule has 1 aliphatic rings. The van der Waals surface area contributed by atoms with E-state index in [2.05, 4.69) is 15.4 Å². The largest absolute Gasteiger partial charge is 0.378 e. The van der Waals surface area contributed by atoms with E-state index in [0.717, 1.165) is 6.54 Å². The summed E-state index contributed by atoms with van der Waals surface area (Å²) in [6.07, 6.45) is 0.896. The fourth-order valence-corrected chi connectivity index (χ4v) is 3.44. The zero-order valence-electron chi connectivity index (χ0n) is 13.6. The van der Waals surface area contributed by atoms with E-state index < -0.39 is 10.0 Å². The maximum absolute atomic E-state index is 12.0. The van der Waals surface area contributed by atoms with Crippen molar-refractivity contribution in [3.05, 3.63) is 24.3 Å². The maximum atomic E-state index is 12.0. The van der Waals surface area contributed by atoms with Gasteiger partial charge in [0.15, 0.2) is 0 Å². The average Bonchev–Trinajstić information content (AvgIpc) is 2.50. The van der Waals surface area contributed by atoms with Gasteiger partial charge < -0.3 is 15.4 Å². The normalized spacial score (nSPS) is 17.6. The smallest absolute Gasteiger partial charge is 0.232 e. The Kier molecular flexibility index (Phi) is 8.47. The summed E-state index contributed by atoms with van der Waals surface area (Å²) in [5.41, 5.74) is 1.11. The van der Waals surface area contributed by atoms with Crippen LogP contribution < -0.4 is 15.4 Å². The standard InChI is InChI=1S/C15H23N3O4S.ClH/c1-2-9-23(20,21)18-13-5-3-12(4-6-13)17-15(19)10-14-11-22-8-7-16-14;/h3-6,14,16,18H,2,7-11H2,1H3,(H,17,19);1H. The van der Waals surface area contributed by atoms with Crippen LogP contribution in [0.4, 0.5) is 11.4 Å². The lowest BCUT2D eigenvalue weighted by molar-refractivity contribution is -0.117. The minimum Gasteiger partial charge on any atom is -0.378 e. The molecule has 0 aromatic heterocycles. The second-order valence-corrected chi connectivity index (χ2v) is 7.32. The van der Waals surface area contributed by atoms with E-state index in [0.29, 0.717) is 37.4 Å². The molecule has 0 spiro atoms. The molecule has 0 aliphatic carbocycles. The van der Waals surface area contributed by atoms with Crippen molar-refractivity contribution in [3.63, 3.8) is 0 Å². The van der Waals surface area contributed by atoms with Gasteiger partial charge in [0.1, 0.15) is 0 Å². The molecule has 1 aliphatic heterocycles. The summed E-state index contributed by atoms with van der Waals surface area (Å²) in [7, 11) is -3.30. The summed E-state index contributed by atoms with van der Waals surface area (Å²) in [5, 5.41) is 6.01. The van der Waals surface area contributed by atoms with Crippen molar-refractivity contribution in [1.82, 2.24) is 5.32 Å². The highest BCUT2D eigenvalue weighted by Crippen LogP contribution is 2.15. The first-order chi connectivity index (χ1) is 11.0. The molecule has 1 unspecified atom stereocenters. The van der Waals surface area contributed by atoms with E-state index in [1.165, 1.54) is 0 Å². The fourth-order valence-electron chi connectivity index (χ4n) is 2.31. The molecule has 136 valence electrons. The minimum atomic E-state index is -3.30. The summed E-state index contributed by atoms with van der Waals surface area (Å²) in [6, 6.07) is 6.64. The van der Waals surface area contributed by atoms with Gasteiger partial charge in [-0.2, -0.15) is 0 Å². The van der Waals surface area contributed by atoms with Crippen LogP contribution in [0.25, 0.3) is 0 Å². The molecular formula is C15H24ClN3O4S. The Hall–Kier alpha value is -1.35. The molecule has 3 N–H and O–H groups in total. The van der Waals surface area contributed by atoms with Gasteiger partial charge in [0.25, 0.3) is 0 Å². The fraction of sp³-hybridized carbons (Fsp3) is 0.533. The summed E-state index contributed by atoms with van der Waals surface area (Å²) in [4.78, 5) is 12.0. The number of ether oxygens (including phenoxy) is 1. The molecule has 1 saturated heterocycles. The number of benzene rings is 1. The second kappa shape index (κ2) is 9.83. The quantitative estimate of drug-likeness (QED) is 0.670. The van der Waals surface area contributed by atoms with Gasteiger partial charge in [-0.1, -0.05) is 6.92 Å². The third-order valence-electron chi connectivity index (χ3n) is 3.35. The lowest BCUT2D eigenvalue weighted by atomic mass is 10.2. The van der Waals surface area contributed by atoms with Gasteiger partial charge in [0.05, 0.1) is 19.0 Å². The molecule has 7 nitrogen and oxygen atoms in total. The maximum Gasteiger partial charge on any atom is 0.232 e. The van der Waals surface area contributed by atoms with E-state index in [4.69, 9.17) is 4.74 Å². The van der Waals surface area contributed by atoms with E-state index in [1.54, 1.807) is 24.3 Å². The van der Waals surface area contributed by atoms with Crippen molar-refractivity contribution in [1.29, 1.82) is 0 Å². The first-order valence-corrected chi connectivity index (χ1v) is 9.35. The van der Waals surface area contributed by atoms with Crippen LogP contribution in [0.15, 0.2) is 24.3 Å². The van der Waals surface area contributed by atoms with Gasteiger partial charge in [-0.15, -0.1) is 12.4 Å². The Morgan fingerprint density at radius 3 is 2.54 bits per heavy atom. The van der Waals surface area contributed by atoms with Crippen molar-refractivity contribution in [2.75, 3.05) is 35.6 Å². The van der Waals surface area contributed by atoms with E-state index in [1.807, 2.05) is 6.92 Å². The van der Waals surface area contributed by atoms with E-state index >= 15 is 0 Å². The molecule has 0 radical (unpaired) electrons. The molecule has 1 amide bonds. The lowest BCUT2D eigenvalue weighted by Gasteiger charge is -2.23. The van der Waals surface area contributed by atoms with Crippen LogP contribution in [0.1, 0.15) is 19.8 Å². The number of rotatable bonds is 7. The lowest BCUT2D eigenvalue weighted by Crippen LogP contribution is -2.43. The van der Waals surface area contributed by atoms with Gasteiger partial charge >= 0.3 is 0 Å². The molecule has 1 aromatic rings. The third-order valence-corrected chi connectivity index (χ3v) is 4.84. The van der Waals surface area contributed by atoms with Crippen molar-refractivity contribution in [2.24, 2.45) is 0 Å². The number of morpholine rings is 1. The van der Waals surface area contributed by atoms with Gasteiger partial charge in [0, 0.05) is 30.4 Å². The zero-order valence-corrected chi connectivity index (χ0v) is 15.2. The molecule has 0 saturated carbocycles. The number of carbonyl (C=O) groups is 1. The second-order valence-electron chi connectivity index (χ2n) is 5.48. The Morgan fingerprint density at radius 2 is 1.96 bits per heavy atom. The molecule has 0 bridgehead atoms. The van der Waals surface area contributed by atoms with Crippen LogP contribution in [-0.4, -0.2) is 45.9 Å². The van der Waals surface area contributed by atoms with Gasteiger partial charge in [0.2, 0.25) is 15.9 Å². The highest BCUT2D eigenvalue weighted by molar-refractivity contribution is 7.92. The summed E-state index contributed by atoms with van der Waals surface area (Å²) in [5.74, 6) is -0.0191. The van der Waals surface area contributed by atoms with E-state index in [9.17, 15) is 13.2 Å². The molecule has 9 heteroatoms. The topological polar surface area (TPSA) is 96.5 Å². The van der Waals surface area contributed by atoms with Crippen LogP contribution in [0, 0.1) is 0 Å². The first-order valence-electron chi connectivity index (χ1n) is 7.70. The monoisotopic (exact) mass is 377 g/mol. The molecule has 2 rings (SSSR count). The van der Waals surface area contributed by atoms with Crippen LogP contribution in [0.5, 0.6) is 0 Å². The van der Waals surface area contributed by atoms with Crippen molar-refractivity contribution in [3.8, 4) is 0 Å². The Balaban J connectivity index is 0.00000288. The van der Waals surface area contributed by atoms with Crippen LogP contribution in [-0.2, 0) is 19.6 Å². The molecule has 1 aromatic carbocycles. The molecule has 1 atom stereocenters. The predicted molar refractivity (Wildman–Crippen MR) is 97.2 cm³/mol. The average molecular weight is 378 g/mol. The molecule has 24 heavy (non-hydrogen) atoms. The van der Waals surface area contributed by atoms with Crippen molar-refractivity contribution >= 4 is 39.7 Å². The Labute approximate surface area is 149 Å². The SMILES string of the molecule is CCCS(=O)(=O)Nc1ccc(NC(=O)CC2COCCN2)cc1.Cl. The molecule has 1 fully saturated rings. The zero-order chi connectivity index (χ0) is 16.7. The highest BCUT2D eigenvalue weighted by Gasteiger charge is 2.17. The summed E-state index contributed by atoms with van der Waals surface area (Å²) >= 11 is 0. The van der Waals surface area contributed by atoms with Gasteiger partial charge in [-0.05, 0) is 30.7 Å². The number of hydrogen-bond acceptors (Lipinski definition) is 5. The number of hydrogen-bond donors (Lipinski definition) is 3. The summed E-state index contributed by atoms with van der Waals surface area (Å²) < 4.78 is 31.2. The minimum absolute atomic E-state index is 0. The van der Waals surface area contributed by atoms with Crippen molar-refractivity contribution in [2.45, 2.75) is 25.8 Å². The van der Waals surface area contributed by atoms with E-state index in [-0.39, 0.29) is 30.1 Å². The van der Waals surface area contributed by atoms with Crippen LogP contribution in [0.2, 0.25) is 0 Å². The summed E-state index contributed by atoms with van der Waals surface area (Å²) in [6.45, 7) is 3.77. The highest BCUT2D eigenvalue weighted by atomic mass is 35.5. The number of amides is 1. The Morgan fingerprint density at radius 1 is 1.29 bits per heavy atom. The molecule has 1 heterocycles. The number of carbonyl (C=O) groups excluding carboxylic acids is 1. The Bertz CT molecular complexity index is 616. The van der Waals surface area contributed by atoms with Crippen molar-refractivity contribution < 1.29 is 17.9 Å². The number of anilines is 2. The number of sulfonamides is 1. The first kappa shape index (κ1) is 20.7. The predicted octanol–water partition coefficient (Wildman–Crippen LogP) is 1.58.